The number of nitrogens with two attached hydrogens (primary N) is 1. The van der Waals surface area contributed by atoms with Crippen molar-refractivity contribution in [3.05, 3.63) is 21.9 Å². The Morgan fingerprint density at radius 3 is 2.72 bits per heavy atom. The molecule has 0 amide bonds. The maximum Gasteiger partial charge on any atom is 0.188 e. The van der Waals surface area contributed by atoms with Crippen molar-refractivity contribution in [1.82, 2.24) is 5.32 Å². The predicted octanol–water partition coefficient (Wildman–Crippen LogP) is 3.66. The van der Waals surface area contributed by atoms with Gasteiger partial charge in [-0.3, -0.25) is 0 Å². The molecule has 0 saturated carbocycles. The van der Waals surface area contributed by atoms with Crippen LogP contribution < -0.4 is 11.1 Å². The lowest BCUT2D eigenvalue weighted by Gasteiger charge is -2.04. The van der Waals surface area contributed by atoms with Crippen molar-refractivity contribution in [3.63, 3.8) is 0 Å². The van der Waals surface area contributed by atoms with Crippen molar-refractivity contribution in [3.8, 4) is 0 Å². The summed E-state index contributed by atoms with van der Waals surface area (Å²) in [6.07, 6.45) is 5.00. The number of rotatable bonds is 7. The molecule has 0 aliphatic heterocycles. The first kappa shape index (κ1) is 17.7. The van der Waals surface area contributed by atoms with E-state index in [0.29, 0.717) is 12.5 Å². The van der Waals surface area contributed by atoms with Gasteiger partial charge in [0.25, 0.3) is 0 Å². The zero-order chi connectivity index (χ0) is 12.5. The van der Waals surface area contributed by atoms with Gasteiger partial charge in [0.2, 0.25) is 0 Å². The number of aliphatic imine (C=N–C) groups is 1. The van der Waals surface area contributed by atoms with Crippen molar-refractivity contribution in [1.29, 1.82) is 0 Å². The highest BCUT2D eigenvalue weighted by atomic mass is 127. The van der Waals surface area contributed by atoms with E-state index in [1.54, 1.807) is 11.3 Å². The molecule has 0 aromatic carbocycles. The largest absolute Gasteiger partial charge is 0.370 e. The molecular weight excluding hydrogens is 357 g/mol. The van der Waals surface area contributed by atoms with Crippen molar-refractivity contribution < 1.29 is 0 Å². The summed E-state index contributed by atoms with van der Waals surface area (Å²) in [5, 5.41) is 3.15. The Labute approximate surface area is 131 Å². The third-order valence-corrected chi connectivity index (χ3v) is 3.52. The van der Waals surface area contributed by atoms with E-state index in [1.165, 1.54) is 35.4 Å². The van der Waals surface area contributed by atoms with E-state index in [9.17, 15) is 0 Å². The maximum atomic E-state index is 5.79. The summed E-state index contributed by atoms with van der Waals surface area (Å²) in [6.45, 7) is 5.94. The number of guanidine groups is 1. The average Bonchev–Trinajstić information content (AvgIpc) is 2.72. The van der Waals surface area contributed by atoms with Crippen LogP contribution in [0.25, 0.3) is 0 Å². The fraction of sp³-hybridized carbons (Fsp3) is 0.615. The zero-order valence-corrected chi connectivity index (χ0v) is 14.4. The van der Waals surface area contributed by atoms with Gasteiger partial charge in [-0.05, 0) is 25.5 Å². The van der Waals surface area contributed by atoms with Crippen LogP contribution in [0.4, 0.5) is 0 Å². The van der Waals surface area contributed by atoms with E-state index < -0.39 is 0 Å². The molecule has 0 aliphatic rings. The monoisotopic (exact) mass is 381 g/mol. The molecule has 0 radical (unpaired) electrons. The summed E-state index contributed by atoms with van der Waals surface area (Å²) >= 11 is 1.77. The number of halogens is 1. The lowest BCUT2D eigenvalue weighted by atomic mass is 10.2. The number of nitrogens with one attached hydrogen (secondary N) is 1. The summed E-state index contributed by atoms with van der Waals surface area (Å²) in [4.78, 5) is 6.90. The van der Waals surface area contributed by atoms with Gasteiger partial charge in [-0.1, -0.05) is 26.2 Å². The summed E-state index contributed by atoms with van der Waals surface area (Å²) in [5.74, 6) is 0.563. The molecule has 104 valence electrons. The van der Waals surface area contributed by atoms with E-state index in [4.69, 9.17) is 5.73 Å². The topological polar surface area (TPSA) is 50.4 Å². The molecular formula is C13H24IN3S. The molecule has 0 unspecified atom stereocenters. The molecule has 3 N–H and O–H groups in total. The van der Waals surface area contributed by atoms with E-state index in [1.807, 2.05) is 0 Å². The fourth-order valence-electron chi connectivity index (χ4n) is 1.56. The standard InChI is InChI=1S/C13H23N3S.HI/c1-3-4-5-6-9-15-13(14)16-10-12-8-7-11(2)17-12;/h7-8H,3-6,9-10H2,1-2H3,(H3,14,15,16);1H. The third-order valence-electron chi connectivity index (χ3n) is 2.54. The first-order valence-corrected chi connectivity index (χ1v) is 7.13. The van der Waals surface area contributed by atoms with E-state index >= 15 is 0 Å². The summed E-state index contributed by atoms with van der Waals surface area (Å²) in [5.41, 5.74) is 5.79. The molecule has 0 bridgehead atoms. The van der Waals surface area contributed by atoms with Crippen LogP contribution in [0.1, 0.15) is 42.4 Å². The van der Waals surface area contributed by atoms with Gasteiger partial charge >= 0.3 is 0 Å². The highest BCUT2D eigenvalue weighted by molar-refractivity contribution is 14.0. The Hall–Kier alpha value is -0.300. The molecule has 0 aliphatic carbocycles. The second-order valence-corrected chi connectivity index (χ2v) is 5.57. The smallest absolute Gasteiger partial charge is 0.188 e. The second-order valence-electron chi connectivity index (χ2n) is 4.20. The van der Waals surface area contributed by atoms with Gasteiger partial charge in [-0.15, -0.1) is 35.3 Å². The first-order valence-electron chi connectivity index (χ1n) is 6.31. The predicted molar refractivity (Wildman–Crippen MR) is 91.9 cm³/mol. The summed E-state index contributed by atoms with van der Waals surface area (Å²) < 4.78 is 0. The van der Waals surface area contributed by atoms with Crippen LogP contribution in [-0.4, -0.2) is 12.5 Å². The van der Waals surface area contributed by atoms with Gasteiger partial charge in [0.15, 0.2) is 5.96 Å². The number of aryl methyl sites for hydroxylation is 1. The van der Waals surface area contributed by atoms with Gasteiger partial charge in [-0.25, -0.2) is 4.99 Å². The molecule has 5 heteroatoms. The fourth-order valence-corrected chi connectivity index (χ4v) is 2.37. The van der Waals surface area contributed by atoms with Crippen LogP contribution in [-0.2, 0) is 6.54 Å². The molecule has 0 fully saturated rings. The van der Waals surface area contributed by atoms with Crippen LogP contribution in [0, 0.1) is 6.92 Å². The van der Waals surface area contributed by atoms with E-state index in [0.717, 1.165) is 6.54 Å². The number of hydrogen-bond donors (Lipinski definition) is 2. The molecule has 1 aromatic rings. The zero-order valence-electron chi connectivity index (χ0n) is 11.2. The highest BCUT2D eigenvalue weighted by Gasteiger charge is 1.96. The third kappa shape index (κ3) is 7.92. The Balaban J connectivity index is 0.00000289. The second kappa shape index (κ2) is 10.6. The number of nitrogens with zero attached hydrogens (tertiary/aromatic N) is 1. The van der Waals surface area contributed by atoms with E-state index in [2.05, 4.69) is 36.3 Å². The quantitative estimate of drug-likeness (QED) is 0.328. The van der Waals surface area contributed by atoms with Crippen LogP contribution in [0.15, 0.2) is 17.1 Å². The van der Waals surface area contributed by atoms with Gasteiger partial charge in [-0.2, -0.15) is 0 Å². The van der Waals surface area contributed by atoms with Crippen molar-refractivity contribution in [2.24, 2.45) is 10.7 Å². The van der Waals surface area contributed by atoms with Gasteiger partial charge in [0.1, 0.15) is 0 Å². The van der Waals surface area contributed by atoms with Crippen molar-refractivity contribution >= 4 is 41.3 Å². The van der Waals surface area contributed by atoms with Gasteiger partial charge in [0, 0.05) is 16.3 Å². The Morgan fingerprint density at radius 1 is 1.33 bits per heavy atom. The molecule has 1 aromatic heterocycles. The van der Waals surface area contributed by atoms with Crippen LogP contribution in [0.2, 0.25) is 0 Å². The van der Waals surface area contributed by atoms with Crippen molar-refractivity contribution in [2.75, 3.05) is 6.54 Å². The van der Waals surface area contributed by atoms with Gasteiger partial charge in [0.05, 0.1) is 6.54 Å². The SMILES string of the molecule is CCCCCCNC(N)=NCc1ccc(C)s1.I. The number of unbranched alkanes of at least 4 members (excludes halogenated alkanes) is 3. The Morgan fingerprint density at radius 2 is 2.11 bits per heavy atom. The minimum Gasteiger partial charge on any atom is -0.370 e. The molecule has 1 heterocycles. The Kier molecular flexibility index (Phi) is 10.4. The minimum absolute atomic E-state index is 0. The molecule has 1 rings (SSSR count). The highest BCUT2D eigenvalue weighted by Crippen LogP contribution is 2.15. The molecule has 0 saturated heterocycles. The van der Waals surface area contributed by atoms with Gasteiger partial charge < -0.3 is 11.1 Å². The Bertz CT molecular complexity index is 350. The van der Waals surface area contributed by atoms with Crippen LogP contribution >= 0.6 is 35.3 Å². The molecule has 0 atom stereocenters. The minimum atomic E-state index is 0. The summed E-state index contributed by atoms with van der Waals surface area (Å²) in [7, 11) is 0. The first-order chi connectivity index (χ1) is 8.22. The average molecular weight is 381 g/mol. The summed E-state index contributed by atoms with van der Waals surface area (Å²) in [6, 6.07) is 4.22. The number of hydrogen-bond acceptors (Lipinski definition) is 2. The van der Waals surface area contributed by atoms with Crippen molar-refractivity contribution in [2.45, 2.75) is 46.1 Å². The molecule has 0 spiro atoms. The normalized spacial score (nSPS) is 11.1. The maximum absolute atomic E-state index is 5.79. The lowest BCUT2D eigenvalue weighted by molar-refractivity contribution is 0.652. The van der Waals surface area contributed by atoms with E-state index in [-0.39, 0.29) is 24.0 Å². The van der Waals surface area contributed by atoms with Crippen LogP contribution in [0.3, 0.4) is 0 Å². The lowest BCUT2D eigenvalue weighted by Crippen LogP contribution is -2.32. The number of thiophene rings is 1. The molecule has 3 nitrogen and oxygen atoms in total. The van der Waals surface area contributed by atoms with Crippen LogP contribution in [0.5, 0.6) is 0 Å². The molecule has 18 heavy (non-hydrogen) atoms.